The highest BCUT2D eigenvalue weighted by Crippen LogP contribution is 2.23. The topological polar surface area (TPSA) is 52.9 Å². The summed E-state index contributed by atoms with van der Waals surface area (Å²) in [7, 11) is 0. The molecule has 0 radical (unpaired) electrons. The molecule has 0 aliphatic rings. The van der Waals surface area contributed by atoms with Crippen LogP contribution in [-0.2, 0) is 11.2 Å². The fourth-order valence-electron chi connectivity index (χ4n) is 1.76. The lowest BCUT2D eigenvalue weighted by Gasteiger charge is -2.04. The monoisotopic (exact) mass is 348 g/mol. The van der Waals surface area contributed by atoms with E-state index in [9.17, 15) is 4.79 Å². The SMILES string of the molecule is N#Cc1ccc(NC(=O)CCCc2ccc(Br)s2)cc1. The van der Waals surface area contributed by atoms with E-state index in [1.54, 1.807) is 35.6 Å². The van der Waals surface area contributed by atoms with Gasteiger partial charge in [0, 0.05) is 17.0 Å². The van der Waals surface area contributed by atoms with Crippen LogP contribution in [0.3, 0.4) is 0 Å². The fraction of sp³-hybridized carbons (Fsp3) is 0.200. The number of aryl methyl sites for hydroxylation is 1. The molecule has 3 nitrogen and oxygen atoms in total. The molecular formula is C15H13BrN2OS. The van der Waals surface area contributed by atoms with E-state index in [1.165, 1.54) is 4.88 Å². The summed E-state index contributed by atoms with van der Waals surface area (Å²) >= 11 is 5.13. The van der Waals surface area contributed by atoms with Crippen molar-refractivity contribution in [3.05, 3.63) is 50.6 Å². The van der Waals surface area contributed by atoms with Crippen LogP contribution in [0.2, 0.25) is 0 Å². The van der Waals surface area contributed by atoms with E-state index < -0.39 is 0 Å². The van der Waals surface area contributed by atoms with Crippen LogP contribution in [-0.4, -0.2) is 5.91 Å². The zero-order valence-corrected chi connectivity index (χ0v) is 13.1. The molecule has 1 aromatic heterocycles. The molecule has 0 saturated carbocycles. The van der Waals surface area contributed by atoms with Gasteiger partial charge in [-0.25, -0.2) is 0 Å². The van der Waals surface area contributed by atoms with Gasteiger partial charge < -0.3 is 5.32 Å². The Balaban J connectivity index is 1.76. The van der Waals surface area contributed by atoms with Gasteiger partial charge in [0.2, 0.25) is 5.91 Å². The first-order valence-corrected chi connectivity index (χ1v) is 7.82. The molecular weight excluding hydrogens is 336 g/mol. The number of rotatable bonds is 5. The van der Waals surface area contributed by atoms with Crippen molar-refractivity contribution in [3.8, 4) is 6.07 Å². The van der Waals surface area contributed by atoms with Crippen molar-refractivity contribution in [3.63, 3.8) is 0 Å². The van der Waals surface area contributed by atoms with E-state index in [0.29, 0.717) is 12.0 Å². The van der Waals surface area contributed by atoms with E-state index in [0.717, 1.165) is 22.3 Å². The number of amides is 1. The van der Waals surface area contributed by atoms with Crippen LogP contribution in [0.15, 0.2) is 40.2 Å². The Morgan fingerprint density at radius 2 is 2.00 bits per heavy atom. The Hall–Kier alpha value is -1.64. The third kappa shape index (κ3) is 4.48. The Bertz CT molecular complexity index is 628. The lowest BCUT2D eigenvalue weighted by Crippen LogP contribution is -2.11. The van der Waals surface area contributed by atoms with Crippen LogP contribution >= 0.6 is 27.3 Å². The minimum absolute atomic E-state index is 0.00493. The molecule has 2 aromatic rings. The lowest BCUT2D eigenvalue weighted by molar-refractivity contribution is -0.116. The molecule has 0 aliphatic heterocycles. The zero-order chi connectivity index (χ0) is 14.4. The molecule has 5 heteroatoms. The molecule has 0 fully saturated rings. The first-order chi connectivity index (χ1) is 9.67. The number of carbonyl (C=O) groups excluding carboxylic acids is 1. The average molecular weight is 349 g/mol. The van der Waals surface area contributed by atoms with Crippen molar-refractivity contribution in [2.75, 3.05) is 5.32 Å². The van der Waals surface area contributed by atoms with E-state index in [1.807, 2.05) is 12.1 Å². The second-order valence-corrected chi connectivity index (χ2v) is 6.84. The molecule has 1 amide bonds. The molecule has 0 saturated heterocycles. The quantitative estimate of drug-likeness (QED) is 0.873. The Morgan fingerprint density at radius 1 is 1.25 bits per heavy atom. The van der Waals surface area contributed by atoms with Gasteiger partial charge in [-0.05, 0) is 65.2 Å². The van der Waals surface area contributed by atoms with Crippen molar-refractivity contribution >= 4 is 38.9 Å². The largest absolute Gasteiger partial charge is 0.326 e. The smallest absolute Gasteiger partial charge is 0.224 e. The van der Waals surface area contributed by atoms with Crippen molar-refractivity contribution in [1.82, 2.24) is 0 Å². The summed E-state index contributed by atoms with van der Waals surface area (Å²) in [6.07, 6.45) is 2.24. The molecule has 102 valence electrons. The van der Waals surface area contributed by atoms with Crippen molar-refractivity contribution in [2.45, 2.75) is 19.3 Å². The molecule has 0 spiro atoms. The van der Waals surface area contributed by atoms with Crippen LogP contribution < -0.4 is 5.32 Å². The summed E-state index contributed by atoms with van der Waals surface area (Å²) in [6, 6.07) is 13.0. The van der Waals surface area contributed by atoms with Gasteiger partial charge in [0.1, 0.15) is 0 Å². The number of hydrogen-bond donors (Lipinski definition) is 1. The number of halogens is 1. The number of nitrogens with zero attached hydrogens (tertiary/aromatic N) is 1. The summed E-state index contributed by atoms with van der Waals surface area (Å²) in [5.41, 5.74) is 1.32. The number of nitrogens with one attached hydrogen (secondary N) is 1. The Morgan fingerprint density at radius 3 is 2.60 bits per heavy atom. The van der Waals surface area contributed by atoms with Gasteiger partial charge >= 0.3 is 0 Å². The van der Waals surface area contributed by atoms with Crippen LogP contribution in [0.5, 0.6) is 0 Å². The predicted molar refractivity (Wildman–Crippen MR) is 84.7 cm³/mol. The van der Waals surface area contributed by atoms with Crippen LogP contribution in [0.1, 0.15) is 23.3 Å². The third-order valence-corrected chi connectivity index (χ3v) is 4.44. The number of hydrogen-bond acceptors (Lipinski definition) is 3. The van der Waals surface area contributed by atoms with Gasteiger partial charge in [0.15, 0.2) is 0 Å². The first kappa shape index (κ1) is 14.8. The van der Waals surface area contributed by atoms with E-state index in [4.69, 9.17) is 5.26 Å². The second kappa shape index (κ2) is 7.22. The average Bonchev–Trinajstić information content (AvgIpc) is 2.85. The maximum absolute atomic E-state index is 11.8. The number of benzene rings is 1. The van der Waals surface area contributed by atoms with E-state index in [2.05, 4.69) is 27.3 Å². The zero-order valence-electron chi connectivity index (χ0n) is 10.7. The number of nitriles is 1. The highest BCUT2D eigenvalue weighted by molar-refractivity contribution is 9.11. The molecule has 20 heavy (non-hydrogen) atoms. The summed E-state index contributed by atoms with van der Waals surface area (Å²) in [6.45, 7) is 0. The van der Waals surface area contributed by atoms with Gasteiger partial charge in [-0.3, -0.25) is 4.79 Å². The summed E-state index contributed by atoms with van der Waals surface area (Å²) in [5, 5.41) is 11.5. The predicted octanol–water partition coefficient (Wildman–Crippen LogP) is 4.34. The number of thiophene rings is 1. The molecule has 1 heterocycles. The van der Waals surface area contributed by atoms with Crippen molar-refractivity contribution in [1.29, 1.82) is 5.26 Å². The lowest BCUT2D eigenvalue weighted by atomic mass is 10.2. The van der Waals surface area contributed by atoms with Crippen molar-refractivity contribution < 1.29 is 4.79 Å². The fourth-order valence-corrected chi connectivity index (χ4v) is 3.29. The maximum atomic E-state index is 11.8. The molecule has 1 N–H and O–H groups in total. The maximum Gasteiger partial charge on any atom is 0.224 e. The van der Waals surface area contributed by atoms with Crippen LogP contribution in [0.25, 0.3) is 0 Å². The van der Waals surface area contributed by atoms with Crippen LogP contribution in [0.4, 0.5) is 5.69 Å². The molecule has 0 bridgehead atoms. The van der Waals surface area contributed by atoms with Gasteiger partial charge in [0.25, 0.3) is 0 Å². The molecule has 0 aliphatic carbocycles. The minimum atomic E-state index is 0.00493. The summed E-state index contributed by atoms with van der Waals surface area (Å²) in [5.74, 6) is 0.00493. The highest BCUT2D eigenvalue weighted by Gasteiger charge is 2.04. The van der Waals surface area contributed by atoms with Gasteiger partial charge in [-0.2, -0.15) is 5.26 Å². The number of anilines is 1. The minimum Gasteiger partial charge on any atom is -0.326 e. The molecule has 1 aromatic carbocycles. The standard InChI is InChI=1S/C15H13BrN2OS/c16-14-9-8-13(20-14)2-1-3-15(19)18-12-6-4-11(10-17)5-7-12/h4-9H,1-3H2,(H,18,19). The third-order valence-electron chi connectivity index (χ3n) is 2.75. The highest BCUT2D eigenvalue weighted by atomic mass is 79.9. The van der Waals surface area contributed by atoms with Gasteiger partial charge in [-0.15, -0.1) is 11.3 Å². The first-order valence-electron chi connectivity index (χ1n) is 6.21. The molecule has 2 rings (SSSR count). The molecule has 0 atom stereocenters. The summed E-state index contributed by atoms with van der Waals surface area (Å²) in [4.78, 5) is 13.1. The normalized spacial score (nSPS) is 10.0. The molecule has 0 unspecified atom stereocenters. The van der Waals surface area contributed by atoms with E-state index >= 15 is 0 Å². The summed E-state index contributed by atoms with van der Waals surface area (Å²) < 4.78 is 1.12. The van der Waals surface area contributed by atoms with Gasteiger partial charge in [-0.1, -0.05) is 0 Å². The Kier molecular flexibility index (Phi) is 5.33. The van der Waals surface area contributed by atoms with Crippen molar-refractivity contribution in [2.24, 2.45) is 0 Å². The Labute approximate surface area is 130 Å². The number of carbonyl (C=O) groups is 1. The van der Waals surface area contributed by atoms with Crippen LogP contribution in [0, 0.1) is 11.3 Å². The van der Waals surface area contributed by atoms with E-state index in [-0.39, 0.29) is 5.91 Å². The van der Waals surface area contributed by atoms with Gasteiger partial charge in [0.05, 0.1) is 15.4 Å². The second-order valence-electron chi connectivity index (χ2n) is 4.30.